The Kier molecular flexibility index (Phi) is 6.15. The maximum absolute atomic E-state index is 11.9. The van der Waals surface area contributed by atoms with Crippen LogP contribution in [-0.2, 0) is 4.74 Å². The number of nitrogens with zero attached hydrogens (tertiary/aromatic N) is 1. The van der Waals surface area contributed by atoms with E-state index in [0.29, 0.717) is 24.5 Å². The van der Waals surface area contributed by atoms with Crippen molar-refractivity contribution in [2.75, 3.05) is 33.4 Å². The summed E-state index contributed by atoms with van der Waals surface area (Å²) in [4.78, 5) is 14.1. The van der Waals surface area contributed by atoms with Crippen molar-refractivity contribution in [3.05, 3.63) is 23.8 Å². The molecule has 106 valence electrons. The predicted molar refractivity (Wildman–Crippen MR) is 72.7 cm³/mol. The Morgan fingerprint density at radius 3 is 2.58 bits per heavy atom. The van der Waals surface area contributed by atoms with E-state index in [-0.39, 0.29) is 5.75 Å². The van der Waals surface area contributed by atoms with Crippen molar-refractivity contribution in [2.24, 2.45) is 0 Å². The van der Waals surface area contributed by atoms with Crippen LogP contribution in [0.1, 0.15) is 24.2 Å². The van der Waals surface area contributed by atoms with Gasteiger partial charge in [0.25, 0.3) is 0 Å². The fourth-order valence-electron chi connectivity index (χ4n) is 1.73. The van der Waals surface area contributed by atoms with Crippen LogP contribution in [0.2, 0.25) is 0 Å². The zero-order valence-electron chi connectivity index (χ0n) is 11.7. The van der Waals surface area contributed by atoms with Gasteiger partial charge in [-0.1, -0.05) is 13.8 Å². The Labute approximate surface area is 113 Å². The molecule has 0 fully saturated rings. The second kappa shape index (κ2) is 7.63. The number of benzene rings is 1. The number of ether oxygens (including phenoxy) is 2. The van der Waals surface area contributed by atoms with Gasteiger partial charge in [0.2, 0.25) is 0 Å². The topological polar surface area (TPSA) is 59.0 Å². The second-order valence-corrected chi connectivity index (χ2v) is 4.05. The minimum Gasteiger partial charge on any atom is -0.508 e. The van der Waals surface area contributed by atoms with Gasteiger partial charge in [0.05, 0.1) is 7.11 Å². The number of rotatable bonds is 7. The molecule has 0 saturated heterocycles. The lowest BCUT2D eigenvalue weighted by Gasteiger charge is -2.17. The Hall–Kier alpha value is -1.75. The molecule has 0 spiro atoms. The van der Waals surface area contributed by atoms with Gasteiger partial charge in [-0.25, -0.2) is 4.79 Å². The van der Waals surface area contributed by atoms with Gasteiger partial charge in [-0.05, 0) is 25.2 Å². The van der Waals surface area contributed by atoms with Crippen LogP contribution < -0.4 is 4.74 Å². The van der Waals surface area contributed by atoms with Gasteiger partial charge >= 0.3 is 5.97 Å². The Bertz CT molecular complexity index is 416. The molecule has 0 aromatic heterocycles. The van der Waals surface area contributed by atoms with Crippen LogP contribution in [0.4, 0.5) is 0 Å². The van der Waals surface area contributed by atoms with Crippen molar-refractivity contribution in [3.8, 4) is 11.5 Å². The van der Waals surface area contributed by atoms with E-state index in [2.05, 4.69) is 18.7 Å². The summed E-state index contributed by atoms with van der Waals surface area (Å²) in [5.74, 6) is -0.0756. The van der Waals surface area contributed by atoms with Gasteiger partial charge in [0.15, 0.2) is 0 Å². The molecule has 0 heterocycles. The summed E-state index contributed by atoms with van der Waals surface area (Å²) in [5, 5.41) is 9.32. The molecule has 5 heteroatoms. The molecule has 0 saturated carbocycles. The van der Waals surface area contributed by atoms with E-state index in [1.165, 1.54) is 25.3 Å². The summed E-state index contributed by atoms with van der Waals surface area (Å²) in [7, 11) is 1.45. The van der Waals surface area contributed by atoms with E-state index >= 15 is 0 Å². The summed E-state index contributed by atoms with van der Waals surface area (Å²) >= 11 is 0. The number of hydrogen-bond acceptors (Lipinski definition) is 5. The molecular formula is C14H21NO4. The third-order valence-electron chi connectivity index (χ3n) is 2.94. The van der Waals surface area contributed by atoms with E-state index in [4.69, 9.17) is 9.47 Å². The summed E-state index contributed by atoms with van der Waals surface area (Å²) in [6.45, 7) is 7.03. The van der Waals surface area contributed by atoms with E-state index < -0.39 is 5.97 Å². The maximum Gasteiger partial charge on any atom is 0.341 e. The first kappa shape index (κ1) is 15.3. The van der Waals surface area contributed by atoms with Crippen LogP contribution in [0, 0.1) is 0 Å². The molecule has 5 nitrogen and oxygen atoms in total. The number of methoxy groups -OCH3 is 1. The minimum atomic E-state index is -0.441. The molecule has 1 aromatic rings. The lowest BCUT2D eigenvalue weighted by atomic mass is 10.2. The fourth-order valence-corrected chi connectivity index (χ4v) is 1.73. The number of carbonyl (C=O) groups excluding carboxylic acids is 1. The van der Waals surface area contributed by atoms with Gasteiger partial charge in [0, 0.05) is 12.6 Å². The molecule has 0 aliphatic rings. The van der Waals surface area contributed by atoms with Gasteiger partial charge in [-0.3, -0.25) is 0 Å². The summed E-state index contributed by atoms with van der Waals surface area (Å²) in [5.41, 5.74) is 0.319. The molecule has 0 radical (unpaired) electrons. The first-order valence-electron chi connectivity index (χ1n) is 6.38. The van der Waals surface area contributed by atoms with Crippen LogP contribution >= 0.6 is 0 Å². The van der Waals surface area contributed by atoms with Crippen LogP contribution in [0.25, 0.3) is 0 Å². The lowest BCUT2D eigenvalue weighted by Crippen LogP contribution is -2.27. The van der Waals surface area contributed by atoms with Crippen LogP contribution in [0.3, 0.4) is 0 Å². The Morgan fingerprint density at radius 1 is 1.32 bits per heavy atom. The smallest absolute Gasteiger partial charge is 0.341 e. The van der Waals surface area contributed by atoms with Crippen molar-refractivity contribution in [1.29, 1.82) is 0 Å². The van der Waals surface area contributed by atoms with Crippen molar-refractivity contribution in [3.63, 3.8) is 0 Å². The predicted octanol–water partition coefficient (Wildman–Crippen LogP) is 1.90. The van der Waals surface area contributed by atoms with E-state index in [0.717, 1.165) is 13.1 Å². The van der Waals surface area contributed by atoms with Gasteiger partial charge in [-0.15, -0.1) is 0 Å². The third-order valence-corrected chi connectivity index (χ3v) is 2.94. The molecule has 1 aromatic carbocycles. The molecular weight excluding hydrogens is 246 g/mol. The average molecular weight is 267 g/mol. The zero-order chi connectivity index (χ0) is 14.3. The Balaban J connectivity index is 2.58. The number of phenolic OH excluding ortho intramolecular Hbond substituents is 1. The van der Waals surface area contributed by atoms with Crippen LogP contribution in [-0.4, -0.2) is 49.3 Å². The molecule has 0 aliphatic carbocycles. The van der Waals surface area contributed by atoms with E-state index in [9.17, 15) is 9.90 Å². The third kappa shape index (κ3) is 4.44. The van der Waals surface area contributed by atoms with E-state index in [1.807, 2.05) is 0 Å². The zero-order valence-corrected chi connectivity index (χ0v) is 11.7. The Morgan fingerprint density at radius 2 is 2.00 bits per heavy atom. The molecule has 0 aliphatic heterocycles. The first-order valence-corrected chi connectivity index (χ1v) is 6.38. The number of carbonyl (C=O) groups is 1. The van der Waals surface area contributed by atoms with Gasteiger partial charge in [-0.2, -0.15) is 0 Å². The maximum atomic E-state index is 11.9. The highest BCUT2D eigenvalue weighted by atomic mass is 16.5. The first-order chi connectivity index (χ1) is 9.12. The quantitative estimate of drug-likeness (QED) is 0.765. The minimum absolute atomic E-state index is 0.0524. The van der Waals surface area contributed by atoms with Crippen LogP contribution in [0.15, 0.2) is 18.2 Å². The summed E-state index contributed by atoms with van der Waals surface area (Å²) in [6.07, 6.45) is 0. The fraction of sp³-hybridized carbons (Fsp3) is 0.500. The molecule has 19 heavy (non-hydrogen) atoms. The standard InChI is InChI=1S/C14H21NO4/c1-4-15(5-2)8-9-19-14(17)12-7-6-11(16)10-13(12)18-3/h6-7,10,16H,4-5,8-9H2,1-3H3. The van der Waals surface area contributed by atoms with Crippen molar-refractivity contribution >= 4 is 5.97 Å². The van der Waals surface area contributed by atoms with Crippen molar-refractivity contribution < 1.29 is 19.4 Å². The number of esters is 1. The SMILES string of the molecule is CCN(CC)CCOC(=O)c1ccc(O)cc1OC. The molecule has 0 amide bonds. The number of aromatic hydroxyl groups is 1. The number of likely N-dealkylation sites (N-methyl/N-ethyl adjacent to an activating group) is 1. The molecule has 0 bridgehead atoms. The summed E-state index contributed by atoms with van der Waals surface area (Å²) in [6, 6.07) is 4.32. The lowest BCUT2D eigenvalue weighted by molar-refractivity contribution is 0.0463. The van der Waals surface area contributed by atoms with Crippen molar-refractivity contribution in [2.45, 2.75) is 13.8 Å². The number of phenols is 1. The highest BCUT2D eigenvalue weighted by molar-refractivity contribution is 5.92. The second-order valence-electron chi connectivity index (χ2n) is 4.05. The highest BCUT2D eigenvalue weighted by Gasteiger charge is 2.14. The number of hydrogen-bond donors (Lipinski definition) is 1. The largest absolute Gasteiger partial charge is 0.508 e. The molecule has 1 N–H and O–H groups in total. The monoisotopic (exact) mass is 267 g/mol. The van der Waals surface area contributed by atoms with Gasteiger partial charge in [0.1, 0.15) is 23.7 Å². The average Bonchev–Trinajstić information content (AvgIpc) is 2.43. The molecule has 0 atom stereocenters. The summed E-state index contributed by atoms with van der Waals surface area (Å²) < 4.78 is 10.2. The van der Waals surface area contributed by atoms with Crippen LogP contribution in [0.5, 0.6) is 11.5 Å². The normalized spacial score (nSPS) is 10.5. The van der Waals surface area contributed by atoms with Gasteiger partial charge < -0.3 is 19.5 Å². The highest BCUT2D eigenvalue weighted by Crippen LogP contribution is 2.24. The molecule has 1 rings (SSSR count). The van der Waals surface area contributed by atoms with E-state index in [1.54, 1.807) is 0 Å². The van der Waals surface area contributed by atoms with Crippen molar-refractivity contribution in [1.82, 2.24) is 4.90 Å². The molecule has 0 unspecified atom stereocenters.